The third-order valence-corrected chi connectivity index (χ3v) is 4.70. The van der Waals surface area contributed by atoms with Crippen LogP contribution in [-0.2, 0) is 0 Å². The van der Waals surface area contributed by atoms with Gasteiger partial charge in [-0.1, -0.05) is 0 Å². The maximum atomic E-state index is 12.8. The highest BCUT2D eigenvalue weighted by atomic mass is 16.5. The minimum absolute atomic E-state index is 0.0330. The average molecular weight is 358 g/mol. The molecule has 140 valence electrons. The van der Waals surface area contributed by atoms with Crippen LogP contribution in [0.5, 0.6) is 11.5 Å². The molecule has 6 heteroatoms. The largest absolute Gasteiger partial charge is 0.493 e. The summed E-state index contributed by atoms with van der Waals surface area (Å²) in [7, 11) is 3.24. The van der Waals surface area contributed by atoms with Crippen molar-refractivity contribution >= 4 is 11.6 Å². The number of methoxy groups -OCH3 is 2. The number of rotatable bonds is 5. The lowest BCUT2D eigenvalue weighted by Gasteiger charge is -2.33. The van der Waals surface area contributed by atoms with Crippen molar-refractivity contribution in [2.45, 2.75) is 32.7 Å². The molecule has 1 aliphatic heterocycles. The molecule has 1 atom stereocenters. The van der Waals surface area contributed by atoms with Crippen LogP contribution in [0.3, 0.4) is 0 Å². The van der Waals surface area contributed by atoms with E-state index in [9.17, 15) is 4.79 Å². The fourth-order valence-electron chi connectivity index (χ4n) is 3.44. The zero-order valence-corrected chi connectivity index (χ0v) is 15.8. The normalized spacial score (nSPS) is 17.1. The maximum absolute atomic E-state index is 12.8. The highest BCUT2D eigenvalue weighted by Crippen LogP contribution is 2.30. The Morgan fingerprint density at radius 2 is 1.96 bits per heavy atom. The zero-order chi connectivity index (χ0) is 18.7. The lowest BCUT2D eigenvalue weighted by atomic mass is 10.0. The van der Waals surface area contributed by atoms with Gasteiger partial charge in [-0.05, 0) is 44.9 Å². The molecule has 2 heterocycles. The lowest BCUT2D eigenvalue weighted by Crippen LogP contribution is -2.45. The Labute approximate surface area is 154 Å². The van der Waals surface area contributed by atoms with Gasteiger partial charge >= 0.3 is 0 Å². The van der Waals surface area contributed by atoms with Crippen LogP contribution in [0.4, 0.5) is 5.69 Å². The van der Waals surface area contributed by atoms with E-state index in [0.29, 0.717) is 23.8 Å². The molecule has 1 aromatic heterocycles. The highest BCUT2D eigenvalue weighted by molar-refractivity contribution is 5.93. The van der Waals surface area contributed by atoms with Gasteiger partial charge in [-0.15, -0.1) is 0 Å². The van der Waals surface area contributed by atoms with Crippen LogP contribution in [0.15, 0.2) is 28.7 Å². The lowest BCUT2D eigenvalue weighted by molar-refractivity contribution is 0.0680. The number of carbonyl (C=O) groups is 1. The molecule has 3 rings (SSSR count). The van der Waals surface area contributed by atoms with Crippen molar-refractivity contribution in [3.8, 4) is 11.5 Å². The predicted octanol–water partition coefficient (Wildman–Crippen LogP) is 3.63. The van der Waals surface area contributed by atoms with Crippen molar-refractivity contribution in [2.24, 2.45) is 0 Å². The number of benzene rings is 1. The first kappa shape index (κ1) is 18.2. The number of amides is 1. The van der Waals surface area contributed by atoms with Gasteiger partial charge in [0.05, 0.1) is 14.2 Å². The zero-order valence-electron chi connectivity index (χ0n) is 15.8. The summed E-state index contributed by atoms with van der Waals surface area (Å²) in [5, 5.41) is 3.50. The topological polar surface area (TPSA) is 63.9 Å². The number of carbonyl (C=O) groups excluding carboxylic acids is 1. The summed E-state index contributed by atoms with van der Waals surface area (Å²) >= 11 is 0. The van der Waals surface area contributed by atoms with E-state index in [1.54, 1.807) is 14.2 Å². The monoisotopic (exact) mass is 358 g/mol. The van der Waals surface area contributed by atoms with E-state index in [0.717, 1.165) is 36.4 Å². The SMILES string of the molecule is COc1ccc(N[C@@H]2CCCN(C(=O)c3oc(C)cc3C)C2)cc1OC. The molecular formula is C20H26N2O4. The van der Waals surface area contributed by atoms with Crippen molar-refractivity contribution in [3.63, 3.8) is 0 Å². The highest BCUT2D eigenvalue weighted by Gasteiger charge is 2.27. The second-order valence-electron chi connectivity index (χ2n) is 6.67. The van der Waals surface area contributed by atoms with Gasteiger partial charge < -0.3 is 24.1 Å². The van der Waals surface area contributed by atoms with Gasteiger partial charge in [-0.25, -0.2) is 0 Å². The number of piperidine rings is 1. The fraction of sp³-hybridized carbons (Fsp3) is 0.450. The minimum atomic E-state index is -0.0330. The molecule has 1 amide bonds. The van der Waals surface area contributed by atoms with Crippen LogP contribution in [0.1, 0.15) is 34.7 Å². The Morgan fingerprint density at radius 3 is 2.62 bits per heavy atom. The maximum Gasteiger partial charge on any atom is 0.289 e. The van der Waals surface area contributed by atoms with Crippen LogP contribution in [0, 0.1) is 13.8 Å². The molecule has 1 N–H and O–H groups in total. The quantitative estimate of drug-likeness (QED) is 0.884. The summed E-state index contributed by atoms with van der Waals surface area (Å²) in [6, 6.07) is 7.84. The van der Waals surface area contributed by atoms with Gasteiger partial charge in [-0.2, -0.15) is 0 Å². The van der Waals surface area contributed by atoms with Crippen LogP contribution in [0.25, 0.3) is 0 Å². The van der Waals surface area contributed by atoms with Crippen molar-refractivity contribution in [3.05, 3.63) is 41.3 Å². The van der Waals surface area contributed by atoms with Gasteiger partial charge in [0.1, 0.15) is 5.76 Å². The number of nitrogens with one attached hydrogen (secondary N) is 1. The number of anilines is 1. The first-order chi connectivity index (χ1) is 12.5. The number of nitrogens with zero attached hydrogens (tertiary/aromatic N) is 1. The first-order valence-corrected chi connectivity index (χ1v) is 8.86. The van der Waals surface area contributed by atoms with E-state index in [1.807, 2.05) is 43.0 Å². The van der Waals surface area contributed by atoms with Crippen molar-refractivity contribution in [1.82, 2.24) is 4.90 Å². The molecular weight excluding hydrogens is 332 g/mol. The second-order valence-corrected chi connectivity index (χ2v) is 6.67. The Hall–Kier alpha value is -2.63. The van der Waals surface area contributed by atoms with Crippen LogP contribution < -0.4 is 14.8 Å². The molecule has 1 aromatic carbocycles. The molecule has 1 fully saturated rings. The number of hydrogen-bond donors (Lipinski definition) is 1. The van der Waals surface area contributed by atoms with E-state index in [-0.39, 0.29) is 11.9 Å². The van der Waals surface area contributed by atoms with Crippen LogP contribution in [0.2, 0.25) is 0 Å². The van der Waals surface area contributed by atoms with Crippen molar-refractivity contribution in [2.75, 3.05) is 32.6 Å². The van der Waals surface area contributed by atoms with Gasteiger partial charge in [0.2, 0.25) is 0 Å². The molecule has 0 aliphatic carbocycles. The third kappa shape index (κ3) is 3.79. The summed E-state index contributed by atoms with van der Waals surface area (Å²) < 4.78 is 16.2. The molecule has 1 saturated heterocycles. The molecule has 6 nitrogen and oxygen atoms in total. The van der Waals surface area contributed by atoms with E-state index in [2.05, 4.69) is 5.32 Å². The molecule has 0 radical (unpaired) electrons. The molecule has 0 unspecified atom stereocenters. The standard InChI is InChI=1S/C20H26N2O4/c1-13-10-14(2)26-19(13)20(23)22-9-5-6-16(12-22)21-15-7-8-17(24-3)18(11-15)25-4/h7-8,10-11,16,21H,5-6,9,12H2,1-4H3/t16-/m1/s1. The predicted molar refractivity (Wildman–Crippen MR) is 100 cm³/mol. The van der Waals surface area contributed by atoms with Gasteiger partial charge in [-0.3, -0.25) is 4.79 Å². The first-order valence-electron chi connectivity index (χ1n) is 8.86. The number of likely N-dealkylation sites (tertiary alicyclic amines) is 1. The van der Waals surface area contributed by atoms with Gasteiger partial charge in [0, 0.05) is 36.4 Å². The fourth-order valence-corrected chi connectivity index (χ4v) is 3.44. The smallest absolute Gasteiger partial charge is 0.289 e. The Balaban J connectivity index is 1.69. The summed E-state index contributed by atoms with van der Waals surface area (Å²) in [6.07, 6.45) is 1.96. The Morgan fingerprint density at radius 1 is 1.19 bits per heavy atom. The molecule has 0 spiro atoms. The number of aryl methyl sites for hydroxylation is 2. The van der Waals surface area contributed by atoms with E-state index < -0.39 is 0 Å². The second kappa shape index (κ2) is 7.72. The minimum Gasteiger partial charge on any atom is -0.493 e. The number of furan rings is 1. The molecule has 0 bridgehead atoms. The summed E-state index contributed by atoms with van der Waals surface area (Å²) in [5.74, 6) is 2.57. The number of ether oxygens (including phenoxy) is 2. The molecule has 26 heavy (non-hydrogen) atoms. The Bertz CT molecular complexity index is 784. The van der Waals surface area contributed by atoms with Crippen molar-refractivity contribution < 1.29 is 18.7 Å². The third-order valence-electron chi connectivity index (χ3n) is 4.70. The van der Waals surface area contributed by atoms with E-state index in [4.69, 9.17) is 13.9 Å². The van der Waals surface area contributed by atoms with Crippen LogP contribution >= 0.6 is 0 Å². The van der Waals surface area contributed by atoms with Crippen molar-refractivity contribution in [1.29, 1.82) is 0 Å². The van der Waals surface area contributed by atoms with Crippen LogP contribution in [-0.4, -0.2) is 44.2 Å². The Kier molecular flexibility index (Phi) is 5.40. The van der Waals surface area contributed by atoms with Gasteiger partial charge in [0.15, 0.2) is 17.3 Å². The summed E-state index contributed by atoms with van der Waals surface area (Å²) in [6.45, 7) is 5.17. The van der Waals surface area contributed by atoms with E-state index >= 15 is 0 Å². The summed E-state index contributed by atoms with van der Waals surface area (Å²) in [5.41, 5.74) is 1.84. The number of hydrogen-bond acceptors (Lipinski definition) is 5. The molecule has 0 saturated carbocycles. The molecule has 2 aromatic rings. The average Bonchev–Trinajstić information content (AvgIpc) is 2.99. The summed E-state index contributed by atoms with van der Waals surface area (Å²) in [4.78, 5) is 14.7. The van der Waals surface area contributed by atoms with Gasteiger partial charge in [0.25, 0.3) is 5.91 Å². The molecule has 1 aliphatic rings. The van der Waals surface area contributed by atoms with E-state index in [1.165, 1.54) is 0 Å².